The van der Waals surface area contributed by atoms with Gasteiger partial charge in [-0.1, -0.05) is 13.8 Å². The van der Waals surface area contributed by atoms with E-state index in [2.05, 4.69) is 10.6 Å². The van der Waals surface area contributed by atoms with Gasteiger partial charge in [-0.25, -0.2) is 0 Å². The van der Waals surface area contributed by atoms with E-state index in [0.29, 0.717) is 37.2 Å². The molecule has 1 aromatic rings. The van der Waals surface area contributed by atoms with Crippen LogP contribution in [0.3, 0.4) is 0 Å². The van der Waals surface area contributed by atoms with Crippen molar-refractivity contribution < 1.29 is 38.8 Å². The summed E-state index contributed by atoms with van der Waals surface area (Å²) in [5.74, 6) is -0.484. The van der Waals surface area contributed by atoms with Crippen LogP contribution in [-0.2, 0) is 32.0 Å². The number of ketones is 1. The molecule has 10 nitrogen and oxygen atoms in total. The zero-order valence-electron chi connectivity index (χ0n) is 21.3. The Balaban J connectivity index is 0.00000456. The van der Waals surface area contributed by atoms with Gasteiger partial charge in [0.15, 0.2) is 22.9 Å². The molecule has 202 valence electrons. The lowest BCUT2D eigenvalue weighted by Gasteiger charge is -2.28. The number of hydrogen-bond acceptors (Lipinski definition) is 8. The SMILES string of the molecule is COc1cc2c(cc1OC)C[C@@H](C(=O)N[C@@H](CO)C(=O)N[C@@H](CC(C)C)C(=O)[C@@]1(CO)CO1)CC2.S. The van der Waals surface area contributed by atoms with Crippen LogP contribution in [-0.4, -0.2) is 79.5 Å². The van der Waals surface area contributed by atoms with Gasteiger partial charge in [0.1, 0.15) is 6.04 Å². The molecule has 1 aliphatic heterocycles. The lowest BCUT2D eigenvalue weighted by Crippen LogP contribution is -2.56. The molecule has 1 aromatic carbocycles. The van der Waals surface area contributed by atoms with Crippen LogP contribution in [0.15, 0.2) is 12.1 Å². The quantitative estimate of drug-likeness (QED) is 0.284. The van der Waals surface area contributed by atoms with Gasteiger partial charge in [0.2, 0.25) is 11.8 Å². The summed E-state index contributed by atoms with van der Waals surface area (Å²) in [6.45, 7) is 2.84. The van der Waals surface area contributed by atoms with Crippen molar-refractivity contribution >= 4 is 31.1 Å². The molecular weight excluding hydrogens is 488 g/mol. The first-order chi connectivity index (χ1) is 16.7. The number of methoxy groups -OCH3 is 2. The average molecular weight is 527 g/mol. The van der Waals surface area contributed by atoms with Gasteiger partial charge < -0.3 is 35.1 Å². The van der Waals surface area contributed by atoms with Crippen LogP contribution in [0.1, 0.15) is 37.8 Å². The number of benzene rings is 1. The van der Waals surface area contributed by atoms with E-state index in [1.54, 1.807) is 14.2 Å². The van der Waals surface area contributed by atoms with Crippen LogP contribution in [0, 0.1) is 11.8 Å². The van der Waals surface area contributed by atoms with Crippen LogP contribution >= 0.6 is 13.5 Å². The van der Waals surface area contributed by atoms with E-state index in [-0.39, 0.29) is 37.8 Å². The maximum absolute atomic E-state index is 13.0. The Morgan fingerprint density at radius 1 is 1.08 bits per heavy atom. The van der Waals surface area contributed by atoms with Gasteiger partial charge >= 0.3 is 0 Å². The zero-order valence-corrected chi connectivity index (χ0v) is 22.3. The summed E-state index contributed by atoms with van der Waals surface area (Å²) in [4.78, 5) is 38.8. The largest absolute Gasteiger partial charge is 0.493 e. The summed E-state index contributed by atoms with van der Waals surface area (Å²) in [6.07, 6.45) is 2.05. The second kappa shape index (κ2) is 12.8. The van der Waals surface area contributed by atoms with Crippen molar-refractivity contribution in [3.63, 3.8) is 0 Å². The highest BCUT2D eigenvalue weighted by Crippen LogP contribution is 2.35. The van der Waals surface area contributed by atoms with E-state index in [4.69, 9.17) is 14.2 Å². The monoisotopic (exact) mass is 526 g/mol. The third-order valence-corrected chi connectivity index (χ3v) is 6.66. The van der Waals surface area contributed by atoms with Crippen LogP contribution in [0.4, 0.5) is 0 Å². The van der Waals surface area contributed by atoms with E-state index in [1.807, 2.05) is 26.0 Å². The van der Waals surface area contributed by atoms with Gasteiger partial charge in [-0.2, -0.15) is 13.5 Å². The lowest BCUT2D eigenvalue weighted by atomic mass is 9.83. The summed E-state index contributed by atoms with van der Waals surface area (Å²) in [6, 6.07) is 1.68. The second-order valence-electron chi connectivity index (χ2n) is 9.66. The number of aryl methyl sites for hydroxylation is 1. The molecule has 1 saturated heterocycles. The maximum Gasteiger partial charge on any atom is 0.245 e. The number of epoxide rings is 1. The number of ether oxygens (including phenoxy) is 3. The molecule has 0 unspecified atom stereocenters. The highest BCUT2D eigenvalue weighted by atomic mass is 32.1. The number of rotatable bonds is 12. The molecule has 4 N–H and O–H groups in total. The van der Waals surface area contributed by atoms with Crippen molar-refractivity contribution in [2.24, 2.45) is 11.8 Å². The number of aliphatic hydroxyl groups excluding tert-OH is 2. The van der Waals surface area contributed by atoms with Crippen molar-refractivity contribution in [1.82, 2.24) is 10.6 Å². The van der Waals surface area contributed by atoms with Gasteiger partial charge in [-0.3, -0.25) is 14.4 Å². The number of amides is 2. The van der Waals surface area contributed by atoms with Crippen LogP contribution < -0.4 is 20.1 Å². The van der Waals surface area contributed by atoms with Gasteiger partial charge in [0.05, 0.1) is 40.1 Å². The molecule has 3 rings (SSSR count). The van der Waals surface area contributed by atoms with Gasteiger partial charge in [0, 0.05) is 5.92 Å². The Bertz CT molecular complexity index is 950. The molecule has 0 bridgehead atoms. The number of carbonyl (C=O) groups is 3. The Morgan fingerprint density at radius 3 is 2.19 bits per heavy atom. The minimum Gasteiger partial charge on any atom is -0.493 e. The molecule has 4 atom stereocenters. The first-order valence-electron chi connectivity index (χ1n) is 11.9. The van der Waals surface area contributed by atoms with Crippen LogP contribution in [0.25, 0.3) is 0 Å². The van der Waals surface area contributed by atoms with E-state index in [0.717, 1.165) is 11.1 Å². The van der Waals surface area contributed by atoms with Crippen LogP contribution in [0.5, 0.6) is 11.5 Å². The van der Waals surface area contributed by atoms with Crippen molar-refractivity contribution in [1.29, 1.82) is 0 Å². The van der Waals surface area contributed by atoms with Gasteiger partial charge in [-0.15, -0.1) is 0 Å². The molecule has 2 aliphatic rings. The topological polar surface area (TPSA) is 147 Å². The molecule has 1 fully saturated rings. The lowest BCUT2D eigenvalue weighted by molar-refractivity contribution is -0.135. The number of carbonyl (C=O) groups excluding carboxylic acids is 3. The molecule has 0 saturated carbocycles. The third kappa shape index (κ3) is 6.70. The molecule has 2 amide bonds. The Morgan fingerprint density at radius 2 is 1.69 bits per heavy atom. The Labute approximate surface area is 218 Å². The van der Waals surface area contributed by atoms with Gasteiger partial charge in [0.25, 0.3) is 0 Å². The predicted octanol–water partition coefficient (Wildman–Crippen LogP) is 0.260. The van der Waals surface area contributed by atoms with E-state index in [1.165, 1.54) is 0 Å². The molecular formula is C25H38N2O8S. The molecule has 0 radical (unpaired) electrons. The number of hydrogen-bond donors (Lipinski definition) is 4. The van der Waals surface area contributed by atoms with Crippen molar-refractivity contribution in [3.8, 4) is 11.5 Å². The van der Waals surface area contributed by atoms with E-state index >= 15 is 0 Å². The van der Waals surface area contributed by atoms with Crippen molar-refractivity contribution in [3.05, 3.63) is 23.3 Å². The summed E-state index contributed by atoms with van der Waals surface area (Å²) < 4.78 is 15.9. The molecule has 0 spiro atoms. The number of Topliss-reactive ketones (excluding diaryl/α,β-unsaturated/α-hetero) is 1. The number of fused-ring (bicyclic) bond motifs is 1. The summed E-state index contributed by atoms with van der Waals surface area (Å²) >= 11 is 0. The fourth-order valence-electron chi connectivity index (χ4n) is 4.48. The molecule has 1 aliphatic carbocycles. The average Bonchev–Trinajstić information content (AvgIpc) is 3.65. The van der Waals surface area contributed by atoms with E-state index in [9.17, 15) is 24.6 Å². The Hall–Kier alpha value is -2.34. The summed E-state index contributed by atoms with van der Waals surface area (Å²) in [7, 11) is 3.13. The van der Waals surface area contributed by atoms with Crippen molar-refractivity contribution in [2.45, 2.75) is 57.2 Å². The standard InChI is InChI=1S/C25H36N2O8.H2S/c1-14(2)7-18(22(30)25(12-29)13-35-25)26-24(32)19(11-28)27-23(31)16-6-5-15-9-20(33-3)21(34-4)10-17(15)8-16;/h9-10,14,16,18-19,28-29H,5-8,11-13H2,1-4H3,(H,26,32)(H,27,31);1H2/t16-,18-,19-,25+;/m0./s1. The fraction of sp³-hybridized carbons (Fsp3) is 0.640. The minimum absolute atomic E-state index is 0. The van der Waals surface area contributed by atoms with E-state index < -0.39 is 42.6 Å². The van der Waals surface area contributed by atoms with Crippen molar-refractivity contribution in [2.75, 3.05) is 34.0 Å². The third-order valence-electron chi connectivity index (χ3n) is 6.66. The van der Waals surface area contributed by atoms with Crippen LogP contribution in [0.2, 0.25) is 0 Å². The fourth-order valence-corrected chi connectivity index (χ4v) is 4.48. The second-order valence-corrected chi connectivity index (χ2v) is 9.66. The molecule has 0 aromatic heterocycles. The molecule has 11 heteroatoms. The number of aliphatic hydroxyl groups is 2. The first kappa shape index (κ1) is 29.9. The summed E-state index contributed by atoms with van der Waals surface area (Å²) in [5.41, 5.74) is 0.781. The number of nitrogens with one attached hydrogen (secondary N) is 2. The smallest absolute Gasteiger partial charge is 0.245 e. The normalized spacial score (nSPS) is 21.9. The first-order valence-corrected chi connectivity index (χ1v) is 11.9. The molecule has 1 heterocycles. The highest BCUT2D eigenvalue weighted by Gasteiger charge is 2.54. The minimum atomic E-state index is -1.27. The zero-order chi connectivity index (χ0) is 25.8. The molecule has 36 heavy (non-hydrogen) atoms. The maximum atomic E-state index is 13.0. The predicted molar refractivity (Wildman–Crippen MR) is 137 cm³/mol. The van der Waals surface area contributed by atoms with Gasteiger partial charge in [-0.05, 0) is 54.9 Å². The summed E-state index contributed by atoms with van der Waals surface area (Å²) in [5, 5.41) is 24.6. The highest BCUT2D eigenvalue weighted by molar-refractivity contribution is 7.59. The Kier molecular flexibility index (Phi) is 10.6.